The zero-order valence-corrected chi connectivity index (χ0v) is 14.6. The van der Waals surface area contributed by atoms with Gasteiger partial charge in [0, 0.05) is 30.7 Å². The van der Waals surface area contributed by atoms with Crippen LogP contribution in [0.3, 0.4) is 0 Å². The first-order valence-electron chi connectivity index (χ1n) is 7.96. The lowest BCUT2D eigenvalue weighted by Gasteiger charge is -2.36. The van der Waals surface area contributed by atoms with Crippen LogP contribution in [-0.4, -0.2) is 37.6 Å². The summed E-state index contributed by atoms with van der Waals surface area (Å²) in [5.41, 5.74) is 1.66. The highest BCUT2D eigenvalue weighted by Gasteiger charge is 2.26. The molecule has 0 aliphatic carbocycles. The largest absolute Gasteiger partial charge is 0.465 e. The summed E-state index contributed by atoms with van der Waals surface area (Å²) < 4.78 is 10.5. The minimum Gasteiger partial charge on any atom is -0.465 e. The second-order valence-corrected chi connectivity index (χ2v) is 6.36. The molecule has 1 saturated heterocycles. The predicted molar refractivity (Wildman–Crippen MR) is 92.3 cm³/mol. The number of methoxy groups -OCH3 is 1. The number of benzene rings is 1. The van der Waals surface area contributed by atoms with Crippen LogP contribution in [0.15, 0.2) is 34.7 Å². The van der Waals surface area contributed by atoms with Gasteiger partial charge in [-0.2, -0.15) is 0 Å². The third-order valence-electron chi connectivity index (χ3n) is 4.32. The number of nitrogens with one attached hydrogen (secondary N) is 1. The average molecular weight is 349 g/mol. The van der Waals surface area contributed by atoms with E-state index in [1.165, 1.54) is 12.7 Å². The van der Waals surface area contributed by atoms with Gasteiger partial charge in [-0.3, -0.25) is 4.90 Å². The van der Waals surface area contributed by atoms with Crippen molar-refractivity contribution in [1.82, 2.24) is 10.2 Å². The van der Waals surface area contributed by atoms with Gasteiger partial charge in [0.25, 0.3) is 0 Å². The number of aryl methyl sites for hydroxylation is 1. The van der Waals surface area contributed by atoms with Crippen molar-refractivity contribution in [1.29, 1.82) is 0 Å². The van der Waals surface area contributed by atoms with Crippen molar-refractivity contribution in [3.63, 3.8) is 0 Å². The number of hydrogen-bond donors (Lipinski definition) is 1. The van der Waals surface area contributed by atoms with E-state index in [4.69, 9.17) is 20.8 Å². The maximum Gasteiger partial charge on any atom is 0.341 e. The highest BCUT2D eigenvalue weighted by molar-refractivity contribution is 6.30. The van der Waals surface area contributed by atoms with Crippen LogP contribution < -0.4 is 5.32 Å². The van der Waals surface area contributed by atoms with Crippen molar-refractivity contribution >= 4 is 17.6 Å². The van der Waals surface area contributed by atoms with Gasteiger partial charge in [0.05, 0.1) is 13.7 Å². The Bertz CT molecular complexity index is 729. The van der Waals surface area contributed by atoms with Crippen LogP contribution in [0.4, 0.5) is 0 Å². The Balaban J connectivity index is 1.80. The zero-order chi connectivity index (χ0) is 17.1. The molecule has 1 aliphatic rings. The van der Waals surface area contributed by atoms with E-state index < -0.39 is 0 Å². The lowest BCUT2D eigenvalue weighted by atomic mass is 10.0. The number of ether oxygens (including phenoxy) is 1. The second kappa shape index (κ2) is 7.38. The molecule has 1 fully saturated rings. The van der Waals surface area contributed by atoms with Crippen LogP contribution in [0, 0.1) is 6.92 Å². The van der Waals surface area contributed by atoms with E-state index in [9.17, 15) is 4.79 Å². The number of esters is 1. The Labute approximate surface area is 146 Å². The third kappa shape index (κ3) is 3.64. The summed E-state index contributed by atoms with van der Waals surface area (Å²) in [4.78, 5) is 14.1. The molecule has 1 aromatic carbocycles. The molecule has 1 N–H and O–H groups in total. The number of piperazine rings is 1. The molecule has 1 aliphatic heterocycles. The molecule has 5 nitrogen and oxygen atoms in total. The highest BCUT2D eigenvalue weighted by Crippen LogP contribution is 2.27. The van der Waals surface area contributed by atoms with Crippen molar-refractivity contribution in [3.05, 3.63) is 58.0 Å². The summed E-state index contributed by atoms with van der Waals surface area (Å²) in [6, 6.07) is 9.92. The topological polar surface area (TPSA) is 54.7 Å². The van der Waals surface area contributed by atoms with E-state index >= 15 is 0 Å². The van der Waals surface area contributed by atoms with Crippen LogP contribution >= 0.6 is 11.6 Å². The Morgan fingerprint density at radius 3 is 3.04 bits per heavy atom. The Hall–Kier alpha value is -1.82. The van der Waals surface area contributed by atoms with Gasteiger partial charge in [0.15, 0.2) is 0 Å². The van der Waals surface area contributed by atoms with Crippen molar-refractivity contribution < 1.29 is 13.9 Å². The quantitative estimate of drug-likeness (QED) is 0.860. The van der Waals surface area contributed by atoms with Crippen molar-refractivity contribution in [2.45, 2.75) is 19.5 Å². The number of carbonyl (C=O) groups is 1. The van der Waals surface area contributed by atoms with Gasteiger partial charge in [-0.1, -0.05) is 23.7 Å². The maximum absolute atomic E-state index is 11.7. The first kappa shape index (κ1) is 17.0. The molecule has 2 heterocycles. The first-order valence-corrected chi connectivity index (χ1v) is 8.34. The molecule has 0 radical (unpaired) electrons. The minimum atomic E-state index is -0.366. The molecule has 1 aromatic heterocycles. The SMILES string of the molecule is COC(=O)c1cc(CN2CCNCC2c2cccc(Cl)c2)oc1C. The molecule has 0 bridgehead atoms. The molecular formula is C18H21ClN2O3. The van der Waals surface area contributed by atoms with Crippen molar-refractivity contribution in [2.24, 2.45) is 0 Å². The standard InChI is InChI=1S/C18H21ClN2O3/c1-12-16(18(22)23-2)9-15(24-12)11-21-7-6-20-10-17(21)13-4-3-5-14(19)8-13/h3-5,8-9,17,20H,6-7,10-11H2,1-2H3. The fourth-order valence-electron chi connectivity index (χ4n) is 3.11. The molecule has 1 atom stereocenters. The lowest BCUT2D eigenvalue weighted by Crippen LogP contribution is -2.45. The number of furan rings is 1. The number of rotatable bonds is 4. The third-order valence-corrected chi connectivity index (χ3v) is 4.56. The molecule has 1 unspecified atom stereocenters. The number of halogens is 1. The molecular weight excluding hydrogens is 328 g/mol. The maximum atomic E-state index is 11.7. The molecule has 2 aromatic rings. The fourth-order valence-corrected chi connectivity index (χ4v) is 3.31. The molecule has 3 rings (SSSR count). The van der Waals surface area contributed by atoms with Gasteiger partial charge in [-0.05, 0) is 30.7 Å². The molecule has 0 saturated carbocycles. The van der Waals surface area contributed by atoms with E-state index in [0.29, 0.717) is 17.9 Å². The lowest BCUT2D eigenvalue weighted by molar-refractivity contribution is 0.0599. The smallest absolute Gasteiger partial charge is 0.341 e. The highest BCUT2D eigenvalue weighted by atomic mass is 35.5. The first-order chi connectivity index (χ1) is 11.6. The van der Waals surface area contributed by atoms with Crippen molar-refractivity contribution in [2.75, 3.05) is 26.7 Å². The summed E-state index contributed by atoms with van der Waals surface area (Å²) in [6.45, 7) is 5.08. The van der Waals surface area contributed by atoms with E-state index in [0.717, 1.165) is 30.4 Å². The van der Waals surface area contributed by atoms with Crippen LogP contribution in [0.25, 0.3) is 0 Å². The van der Waals surface area contributed by atoms with E-state index in [1.54, 1.807) is 13.0 Å². The number of hydrogen-bond acceptors (Lipinski definition) is 5. The van der Waals surface area contributed by atoms with E-state index in [1.807, 2.05) is 18.2 Å². The van der Waals surface area contributed by atoms with Gasteiger partial charge in [-0.25, -0.2) is 4.79 Å². The molecule has 24 heavy (non-hydrogen) atoms. The fraction of sp³-hybridized carbons (Fsp3) is 0.389. The summed E-state index contributed by atoms with van der Waals surface area (Å²) in [5.74, 6) is 0.988. The van der Waals surface area contributed by atoms with Gasteiger partial charge >= 0.3 is 5.97 Å². The summed E-state index contributed by atoms with van der Waals surface area (Å²) in [6.07, 6.45) is 0. The monoisotopic (exact) mass is 348 g/mol. The van der Waals surface area contributed by atoms with Gasteiger partial charge in [-0.15, -0.1) is 0 Å². The Morgan fingerprint density at radius 2 is 2.29 bits per heavy atom. The van der Waals surface area contributed by atoms with Crippen LogP contribution in [0.1, 0.15) is 33.5 Å². The minimum absolute atomic E-state index is 0.212. The number of carbonyl (C=O) groups excluding carboxylic acids is 1. The van der Waals surface area contributed by atoms with E-state index in [-0.39, 0.29) is 12.0 Å². The van der Waals surface area contributed by atoms with Crippen molar-refractivity contribution in [3.8, 4) is 0 Å². The normalized spacial score (nSPS) is 18.5. The van der Waals surface area contributed by atoms with Gasteiger partial charge in [0.2, 0.25) is 0 Å². The van der Waals surface area contributed by atoms with Crippen LogP contribution in [0.2, 0.25) is 5.02 Å². The summed E-state index contributed by atoms with van der Waals surface area (Å²) >= 11 is 6.14. The van der Waals surface area contributed by atoms with E-state index in [2.05, 4.69) is 16.3 Å². The zero-order valence-electron chi connectivity index (χ0n) is 13.8. The average Bonchev–Trinajstić information content (AvgIpc) is 2.95. The summed E-state index contributed by atoms with van der Waals surface area (Å²) in [5, 5.41) is 4.16. The molecule has 0 spiro atoms. The second-order valence-electron chi connectivity index (χ2n) is 5.92. The Morgan fingerprint density at radius 1 is 1.46 bits per heavy atom. The predicted octanol–water partition coefficient (Wildman–Crippen LogP) is 3.17. The molecule has 0 amide bonds. The van der Waals surface area contributed by atoms with Crippen LogP contribution in [-0.2, 0) is 11.3 Å². The molecule has 128 valence electrons. The van der Waals surface area contributed by atoms with Crippen LogP contribution in [0.5, 0.6) is 0 Å². The Kier molecular flexibility index (Phi) is 5.23. The summed E-state index contributed by atoms with van der Waals surface area (Å²) in [7, 11) is 1.37. The molecule has 6 heteroatoms. The van der Waals surface area contributed by atoms with Gasteiger partial charge < -0.3 is 14.5 Å². The van der Waals surface area contributed by atoms with Gasteiger partial charge in [0.1, 0.15) is 17.1 Å². The number of nitrogens with zero attached hydrogens (tertiary/aromatic N) is 1.